The molecule has 1 saturated heterocycles. The third kappa shape index (κ3) is 3.39. The topological polar surface area (TPSA) is 59.9 Å². The number of aromatic nitrogens is 3. The van der Waals surface area contributed by atoms with Gasteiger partial charge in [0.25, 0.3) is 0 Å². The molecule has 0 aliphatic carbocycles. The summed E-state index contributed by atoms with van der Waals surface area (Å²) in [5, 5.41) is 6.12. The predicted molar refractivity (Wildman–Crippen MR) is 105 cm³/mol. The highest BCUT2D eigenvalue weighted by molar-refractivity contribution is 6.45. The van der Waals surface area contributed by atoms with Crippen LogP contribution in [0, 0.1) is 0 Å². The van der Waals surface area contributed by atoms with Gasteiger partial charge in [-0.05, 0) is 25.3 Å². The minimum Gasteiger partial charge on any atom is -0.357 e. The lowest BCUT2D eigenvalue weighted by Crippen LogP contribution is -2.18. The predicted octanol–water partition coefficient (Wildman–Crippen LogP) is 5.88. The molecule has 0 amide bonds. The van der Waals surface area contributed by atoms with E-state index in [2.05, 4.69) is 10.1 Å². The maximum atomic E-state index is 11.5. The molecular formula is C19H21Cl2N3O2. The second-order valence-corrected chi connectivity index (χ2v) is 6.63. The fourth-order valence-corrected chi connectivity index (χ4v) is 3.55. The highest BCUT2D eigenvalue weighted by Crippen LogP contribution is 2.38. The van der Waals surface area contributed by atoms with E-state index in [9.17, 15) is 4.79 Å². The first-order valence-electron chi connectivity index (χ1n) is 8.80. The number of rotatable bonds is 3. The Bertz CT molecular complexity index is 911. The van der Waals surface area contributed by atoms with Gasteiger partial charge in [-0.3, -0.25) is 4.79 Å². The molecule has 1 aliphatic heterocycles. The Morgan fingerprint density at radius 2 is 2.12 bits per heavy atom. The Morgan fingerprint density at radius 3 is 2.81 bits per heavy atom. The van der Waals surface area contributed by atoms with Gasteiger partial charge in [0.05, 0.1) is 27.5 Å². The number of carbonyl (C=O) groups is 1. The number of ether oxygens (including phenoxy) is 1. The van der Waals surface area contributed by atoms with Crippen LogP contribution in [-0.2, 0) is 4.74 Å². The van der Waals surface area contributed by atoms with Crippen molar-refractivity contribution in [3.63, 3.8) is 0 Å². The Kier molecular flexibility index (Phi) is 6.01. The molecule has 3 heterocycles. The summed E-state index contributed by atoms with van der Waals surface area (Å²) in [7, 11) is 0. The number of nitrogens with one attached hydrogen (secondary N) is 1. The molecule has 0 bridgehead atoms. The van der Waals surface area contributed by atoms with Gasteiger partial charge in [0.15, 0.2) is 6.29 Å². The van der Waals surface area contributed by atoms with Gasteiger partial charge in [0.1, 0.15) is 6.23 Å². The smallest absolute Gasteiger partial charge is 0.166 e. The molecule has 7 heteroatoms. The van der Waals surface area contributed by atoms with Crippen molar-refractivity contribution in [3.05, 3.63) is 40.3 Å². The van der Waals surface area contributed by atoms with Gasteiger partial charge < -0.3 is 9.72 Å². The van der Waals surface area contributed by atoms with Gasteiger partial charge in [0, 0.05) is 29.3 Å². The Morgan fingerprint density at radius 1 is 1.31 bits per heavy atom. The summed E-state index contributed by atoms with van der Waals surface area (Å²) in [6, 6.07) is 3.59. The average Bonchev–Trinajstić information content (AvgIpc) is 3.31. The van der Waals surface area contributed by atoms with E-state index in [1.807, 2.05) is 30.8 Å². The normalized spacial score (nSPS) is 17.0. The van der Waals surface area contributed by atoms with E-state index in [1.54, 1.807) is 12.3 Å². The molecule has 3 aromatic rings. The van der Waals surface area contributed by atoms with Crippen molar-refractivity contribution in [2.75, 3.05) is 6.61 Å². The molecule has 0 saturated carbocycles. The maximum Gasteiger partial charge on any atom is 0.166 e. The lowest BCUT2D eigenvalue weighted by molar-refractivity contribution is -0.0394. The van der Waals surface area contributed by atoms with E-state index in [1.165, 1.54) is 0 Å². The van der Waals surface area contributed by atoms with Crippen molar-refractivity contribution in [3.8, 4) is 11.1 Å². The van der Waals surface area contributed by atoms with Crippen molar-refractivity contribution in [1.29, 1.82) is 0 Å². The molecule has 1 fully saturated rings. The number of fused-ring (bicyclic) bond motifs is 1. The van der Waals surface area contributed by atoms with Gasteiger partial charge in [-0.25, -0.2) is 4.68 Å². The van der Waals surface area contributed by atoms with Crippen LogP contribution in [0.2, 0.25) is 10.0 Å². The third-order valence-electron chi connectivity index (χ3n) is 4.35. The summed E-state index contributed by atoms with van der Waals surface area (Å²) in [6.45, 7) is 4.75. The zero-order valence-corrected chi connectivity index (χ0v) is 16.3. The van der Waals surface area contributed by atoms with Crippen LogP contribution in [0.15, 0.2) is 24.5 Å². The first-order valence-corrected chi connectivity index (χ1v) is 9.55. The van der Waals surface area contributed by atoms with Crippen LogP contribution >= 0.6 is 23.2 Å². The van der Waals surface area contributed by atoms with E-state index >= 15 is 0 Å². The molecule has 1 unspecified atom stereocenters. The van der Waals surface area contributed by atoms with Crippen molar-refractivity contribution in [1.82, 2.24) is 14.8 Å². The molecule has 1 N–H and O–H groups in total. The average molecular weight is 394 g/mol. The van der Waals surface area contributed by atoms with Gasteiger partial charge in [-0.2, -0.15) is 5.10 Å². The van der Waals surface area contributed by atoms with Crippen molar-refractivity contribution in [2.45, 2.75) is 39.3 Å². The Hall–Kier alpha value is -1.82. The summed E-state index contributed by atoms with van der Waals surface area (Å²) < 4.78 is 7.58. The van der Waals surface area contributed by atoms with Gasteiger partial charge in [-0.1, -0.05) is 43.1 Å². The number of nitrogens with zero attached hydrogens (tertiary/aromatic N) is 2. The summed E-state index contributed by atoms with van der Waals surface area (Å²) in [5.74, 6) is 0. The lowest BCUT2D eigenvalue weighted by atomic mass is 10.1. The minimum atomic E-state index is -0.0459. The monoisotopic (exact) mass is 393 g/mol. The van der Waals surface area contributed by atoms with E-state index in [4.69, 9.17) is 27.9 Å². The number of H-pyrrole nitrogens is 1. The summed E-state index contributed by atoms with van der Waals surface area (Å²) in [5.41, 5.74) is 2.73. The second kappa shape index (κ2) is 8.25. The molecule has 0 spiro atoms. The number of aromatic amines is 1. The van der Waals surface area contributed by atoms with Gasteiger partial charge >= 0.3 is 0 Å². The number of benzene rings is 1. The minimum absolute atomic E-state index is 0.0459. The Balaban J connectivity index is 0.000000948. The van der Waals surface area contributed by atoms with Crippen molar-refractivity contribution in [2.24, 2.45) is 0 Å². The third-order valence-corrected chi connectivity index (χ3v) is 5.16. The molecule has 0 radical (unpaired) electrons. The molecule has 1 aliphatic rings. The Labute approximate surface area is 162 Å². The molecule has 5 nitrogen and oxygen atoms in total. The van der Waals surface area contributed by atoms with Gasteiger partial charge in [0.2, 0.25) is 0 Å². The van der Waals surface area contributed by atoms with Crippen LogP contribution in [0.4, 0.5) is 0 Å². The lowest BCUT2D eigenvalue weighted by Gasteiger charge is -2.22. The van der Waals surface area contributed by atoms with Crippen LogP contribution in [0.1, 0.15) is 49.8 Å². The molecular weight excluding hydrogens is 373 g/mol. The fourth-order valence-electron chi connectivity index (χ4n) is 3.18. The van der Waals surface area contributed by atoms with Crippen molar-refractivity contribution < 1.29 is 9.53 Å². The van der Waals surface area contributed by atoms with E-state index < -0.39 is 0 Å². The highest BCUT2D eigenvalue weighted by atomic mass is 35.5. The summed E-state index contributed by atoms with van der Waals surface area (Å²) >= 11 is 12.3. The SMILES string of the molecule is CC.O=Cc1[nH]c2c(Cl)c(Cl)ccc2c1-c1cnn(C2CCCCO2)c1. The van der Waals surface area contributed by atoms with Gasteiger partial charge in [-0.15, -0.1) is 0 Å². The standard InChI is InChI=1S/C17H15Cl2N3O2.C2H6/c18-12-5-4-11-15(13(9-23)21-17(11)16(12)19)10-7-20-22(8-10)14-3-1-2-6-24-14;1-2/h4-5,7-9,14,21H,1-3,6H2;1-2H3. The van der Waals surface area contributed by atoms with Crippen LogP contribution in [0.25, 0.3) is 22.0 Å². The molecule has 4 rings (SSSR count). The van der Waals surface area contributed by atoms with E-state index in [-0.39, 0.29) is 6.23 Å². The molecule has 1 aromatic carbocycles. The molecule has 2 aromatic heterocycles. The first-order chi connectivity index (χ1) is 12.7. The van der Waals surface area contributed by atoms with Crippen LogP contribution in [0.5, 0.6) is 0 Å². The molecule has 26 heavy (non-hydrogen) atoms. The zero-order valence-electron chi connectivity index (χ0n) is 14.8. The quantitative estimate of drug-likeness (QED) is 0.565. The number of hydrogen-bond donors (Lipinski definition) is 1. The van der Waals surface area contributed by atoms with Crippen LogP contribution in [-0.4, -0.2) is 27.7 Å². The maximum absolute atomic E-state index is 11.5. The summed E-state index contributed by atoms with van der Waals surface area (Å²) in [4.78, 5) is 14.6. The largest absolute Gasteiger partial charge is 0.357 e. The number of hydrogen-bond acceptors (Lipinski definition) is 3. The fraction of sp³-hybridized carbons (Fsp3) is 0.368. The zero-order chi connectivity index (χ0) is 18.7. The van der Waals surface area contributed by atoms with E-state index in [0.29, 0.717) is 21.3 Å². The second-order valence-electron chi connectivity index (χ2n) is 5.85. The highest BCUT2D eigenvalue weighted by Gasteiger charge is 2.20. The van der Waals surface area contributed by atoms with E-state index in [0.717, 1.165) is 48.7 Å². The van der Waals surface area contributed by atoms with Crippen LogP contribution in [0.3, 0.4) is 0 Å². The number of carbonyl (C=O) groups excluding carboxylic acids is 1. The number of halogens is 2. The molecule has 138 valence electrons. The first kappa shape index (κ1) is 19.0. The molecule has 1 atom stereocenters. The number of aldehydes is 1. The van der Waals surface area contributed by atoms with Crippen LogP contribution < -0.4 is 0 Å². The summed E-state index contributed by atoms with van der Waals surface area (Å²) in [6.07, 6.45) is 7.55. The van der Waals surface area contributed by atoms with Crippen molar-refractivity contribution >= 4 is 40.4 Å².